The number of benzene rings is 2. The Bertz CT molecular complexity index is 1690. The second kappa shape index (κ2) is 12.7. The van der Waals surface area contributed by atoms with Gasteiger partial charge in [0.05, 0.1) is 49.0 Å². The Morgan fingerprint density at radius 3 is 2.67 bits per heavy atom. The predicted molar refractivity (Wildman–Crippen MR) is 160 cm³/mol. The molecule has 2 fully saturated rings. The third-order valence-corrected chi connectivity index (χ3v) is 8.42. The smallest absolute Gasteiger partial charge is 0.337 e. The Balaban J connectivity index is 1.12. The molecule has 4 heterocycles. The monoisotopic (exact) mass is 648 g/mol. The number of esters is 1. The summed E-state index contributed by atoms with van der Waals surface area (Å²) in [4.78, 5) is 26.5. The second-order valence-corrected chi connectivity index (χ2v) is 11.4. The molecule has 4 aromatic rings. The zero-order valence-electron chi connectivity index (χ0n) is 23.6. The summed E-state index contributed by atoms with van der Waals surface area (Å²) >= 11 is 3.61. The zero-order valence-corrected chi connectivity index (χ0v) is 25.2. The van der Waals surface area contributed by atoms with Crippen LogP contribution in [0.25, 0.3) is 11.0 Å². The maximum atomic E-state index is 14.3. The normalized spacial score (nSPS) is 17.0. The lowest BCUT2D eigenvalue weighted by atomic mass is 10.1. The van der Waals surface area contributed by atoms with Crippen molar-refractivity contribution in [2.75, 3.05) is 44.8 Å². The molecule has 0 bridgehead atoms. The Labute approximate surface area is 256 Å². The molecule has 0 aliphatic carbocycles. The summed E-state index contributed by atoms with van der Waals surface area (Å²) in [6.07, 6.45) is 1.12. The van der Waals surface area contributed by atoms with Gasteiger partial charge in [-0.2, -0.15) is 10.2 Å². The van der Waals surface area contributed by atoms with Gasteiger partial charge in [-0.3, -0.25) is 4.90 Å². The van der Waals surface area contributed by atoms with Crippen LogP contribution in [0.5, 0.6) is 5.88 Å². The first-order chi connectivity index (χ1) is 20.9. The van der Waals surface area contributed by atoms with E-state index in [1.807, 2.05) is 24.3 Å². The van der Waals surface area contributed by atoms with Crippen molar-refractivity contribution in [3.8, 4) is 11.9 Å². The molecule has 2 aromatic carbocycles. The summed E-state index contributed by atoms with van der Waals surface area (Å²) in [7, 11) is 1.38. The molecule has 2 aliphatic rings. The maximum Gasteiger partial charge on any atom is 0.337 e. The minimum atomic E-state index is -0.476. The molecule has 1 atom stereocenters. The first kappa shape index (κ1) is 29.0. The van der Waals surface area contributed by atoms with Gasteiger partial charge in [0.25, 0.3) is 0 Å². The number of halogens is 2. The molecular weight excluding hydrogens is 619 g/mol. The number of nitriles is 1. The van der Waals surface area contributed by atoms with Crippen LogP contribution in [0.3, 0.4) is 0 Å². The van der Waals surface area contributed by atoms with E-state index in [9.17, 15) is 9.18 Å². The molecule has 0 spiro atoms. The van der Waals surface area contributed by atoms with E-state index in [0.717, 1.165) is 66.4 Å². The summed E-state index contributed by atoms with van der Waals surface area (Å²) in [6.45, 7) is 5.26. The summed E-state index contributed by atoms with van der Waals surface area (Å²) in [5, 5.41) is 8.94. The highest BCUT2D eigenvalue weighted by Gasteiger charge is 2.26. The highest BCUT2D eigenvalue weighted by molar-refractivity contribution is 9.10. The number of aromatic nitrogens is 3. The van der Waals surface area contributed by atoms with Crippen LogP contribution >= 0.6 is 15.9 Å². The number of hydrogen-bond donors (Lipinski definition) is 0. The summed E-state index contributed by atoms with van der Waals surface area (Å²) < 4.78 is 33.7. The number of anilines is 1. The molecule has 222 valence electrons. The number of fused-ring (bicyclic) bond motifs is 1. The number of carbonyl (C=O) groups excluding carboxylic acids is 1. The van der Waals surface area contributed by atoms with E-state index in [2.05, 4.69) is 35.3 Å². The third-order valence-electron chi connectivity index (χ3n) is 7.82. The Morgan fingerprint density at radius 2 is 1.98 bits per heavy atom. The van der Waals surface area contributed by atoms with Crippen LogP contribution in [0.2, 0.25) is 0 Å². The van der Waals surface area contributed by atoms with Crippen LogP contribution in [-0.4, -0.2) is 71.4 Å². The van der Waals surface area contributed by atoms with Gasteiger partial charge < -0.3 is 23.7 Å². The first-order valence-electron chi connectivity index (χ1n) is 14.1. The van der Waals surface area contributed by atoms with Crippen LogP contribution in [0.4, 0.5) is 10.2 Å². The lowest BCUT2D eigenvalue weighted by Crippen LogP contribution is -2.46. The SMILES string of the molecule is COC(=O)c1cc(Br)c2nc(CN3CCN(c4cccc(OCc5ccc(C#N)cc5F)n4)CC3)n(C[C@@H]3CCO3)c2c1. The molecule has 0 radical (unpaired) electrons. The van der Waals surface area contributed by atoms with E-state index in [0.29, 0.717) is 30.1 Å². The van der Waals surface area contributed by atoms with Crippen molar-refractivity contribution < 1.29 is 23.4 Å². The first-order valence-corrected chi connectivity index (χ1v) is 14.9. The predicted octanol–water partition coefficient (Wildman–Crippen LogP) is 4.68. The largest absolute Gasteiger partial charge is 0.473 e. The number of methoxy groups -OCH3 is 1. The van der Waals surface area contributed by atoms with E-state index in [1.165, 1.54) is 13.2 Å². The summed E-state index contributed by atoms with van der Waals surface area (Å²) in [5.74, 6) is 1.26. The molecule has 2 saturated heterocycles. The van der Waals surface area contributed by atoms with Gasteiger partial charge in [-0.25, -0.2) is 14.2 Å². The average molecular weight is 650 g/mol. The van der Waals surface area contributed by atoms with Gasteiger partial charge in [0.2, 0.25) is 5.88 Å². The maximum absolute atomic E-state index is 14.3. The highest BCUT2D eigenvalue weighted by atomic mass is 79.9. The number of hydrogen-bond acceptors (Lipinski definition) is 9. The third kappa shape index (κ3) is 6.34. The van der Waals surface area contributed by atoms with E-state index in [1.54, 1.807) is 24.3 Å². The summed E-state index contributed by atoms with van der Waals surface area (Å²) in [5.41, 5.74) is 2.79. The second-order valence-electron chi connectivity index (χ2n) is 10.5. The van der Waals surface area contributed by atoms with Gasteiger partial charge in [0.1, 0.15) is 29.6 Å². The average Bonchev–Trinajstić information content (AvgIpc) is 3.35. The number of piperazine rings is 1. The molecule has 10 nitrogen and oxygen atoms in total. The van der Waals surface area contributed by atoms with E-state index in [-0.39, 0.29) is 18.3 Å². The van der Waals surface area contributed by atoms with Crippen LogP contribution in [-0.2, 0) is 29.2 Å². The van der Waals surface area contributed by atoms with Crippen molar-refractivity contribution in [3.05, 3.63) is 81.3 Å². The van der Waals surface area contributed by atoms with Crippen LogP contribution in [0.15, 0.2) is 53.0 Å². The Morgan fingerprint density at radius 1 is 1.16 bits per heavy atom. The van der Waals surface area contributed by atoms with Crippen LogP contribution in [0.1, 0.15) is 33.7 Å². The van der Waals surface area contributed by atoms with Crippen molar-refractivity contribution in [2.45, 2.75) is 32.2 Å². The van der Waals surface area contributed by atoms with Crippen molar-refractivity contribution in [1.29, 1.82) is 5.26 Å². The quantitative estimate of drug-likeness (QED) is 0.239. The number of carbonyl (C=O) groups is 1. The molecule has 2 aromatic heterocycles. The molecule has 0 unspecified atom stereocenters. The molecule has 2 aliphatic heterocycles. The number of nitrogens with zero attached hydrogens (tertiary/aromatic N) is 6. The van der Waals surface area contributed by atoms with E-state index in [4.69, 9.17) is 24.5 Å². The van der Waals surface area contributed by atoms with E-state index >= 15 is 0 Å². The van der Waals surface area contributed by atoms with Crippen LogP contribution < -0.4 is 9.64 Å². The molecule has 0 saturated carbocycles. The van der Waals surface area contributed by atoms with Crippen molar-refractivity contribution in [3.63, 3.8) is 0 Å². The molecule has 0 N–H and O–H groups in total. The van der Waals surface area contributed by atoms with Crippen molar-refractivity contribution in [2.24, 2.45) is 0 Å². The molecule has 43 heavy (non-hydrogen) atoms. The molecular formula is C31H30BrFN6O4. The van der Waals surface area contributed by atoms with Gasteiger partial charge in [-0.1, -0.05) is 12.1 Å². The zero-order chi connectivity index (χ0) is 29.9. The lowest BCUT2D eigenvalue weighted by Gasteiger charge is -2.35. The van der Waals surface area contributed by atoms with Gasteiger partial charge in [-0.15, -0.1) is 0 Å². The summed E-state index contributed by atoms with van der Waals surface area (Å²) in [6, 6.07) is 15.4. The van der Waals surface area contributed by atoms with Crippen LogP contribution in [0, 0.1) is 17.1 Å². The highest BCUT2D eigenvalue weighted by Crippen LogP contribution is 2.29. The minimum Gasteiger partial charge on any atom is -0.473 e. The Hall–Kier alpha value is -4.05. The fraction of sp³-hybridized carbons (Fsp3) is 0.355. The lowest BCUT2D eigenvalue weighted by molar-refractivity contribution is -0.0592. The van der Waals surface area contributed by atoms with Gasteiger partial charge >= 0.3 is 5.97 Å². The molecule has 12 heteroatoms. The van der Waals surface area contributed by atoms with Gasteiger partial charge in [-0.05, 0) is 52.7 Å². The van der Waals surface area contributed by atoms with Crippen molar-refractivity contribution >= 4 is 38.8 Å². The van der Waals surface area contributed by atoms with Gasteiger partial charge in [0.15, 0.2) is 0 Å². The Kier molecular flexibility index (Phi) is 8.56. The molecule has 0 amide bonds. The standard InChI is InChI=1S/C31H30BrFN6O4/c1-41-31(40)22-14-24(32)30-26(15-22)39(17-23-7-12-42-23)28(36-30)18-37-8-10-38(11-9-37)27-3-2-4-29(35-27)43-19-21-6-5-20(16-34)13-25(21)33/h2-6,13-15,23H,7-12,17-19H2,1H3/t23-/m0/s1. The number of ether oxygens (including phenoxy) is 3. The number of pyridine rings is 1. The fourth-order valence-corrected chi connectivity index (χ4v) is 5.84. The number of imidazole rings is 1. The fourth-order valence-electron chi connectivity index (χ4n) is 5.30. The molecule has 6 rings (SSSR count). The van der Waals surface area contributed by atoms with Crippen molar-refractivity contribution in [1.82, 2.24) is 19.4 Å². The number of rotatable bonds is 9. The van der Waals surface area contributed by atoms with Gasteiger partial charge in [0, 0.05) is 48.9 Å². The minimum absolute atomic E-state index is 0.0197. The van der Waals surface area contributed by atoms with E-state index < -0.39 is 11.8 Å². The topological polar surface area (TPSA) is 106 Å².